The number of nitrogens with zero attached hydrogens (tertiary/aromatic N) is 3. The van der Waals surface area contributed by atoms with Crippen molar-refractivity contribution in [3.63, 3.8) is 0 Å². The van der Waals surface area contributed by atoms with Gasteiger partial charge in [0.1, 0.15) is 11.4 Å². The molecule has 0 unspecified atom stereocenters. The van der Waals surface area contributed by atoms with E-state index in [1.54, 1.807) is 0 Å². The van der Waals surface area contributed by atoms with Crippen molar-refractivity contribution in [3.05, 3.63) is 54.6 Å². The number of nitrogens with one attached hydrogen (secondary N) is 1. The van der Waals surface area contributed by atoms with Crippen LogP contribution in [-0.2, 0) is 0 Å². The standard InChI is InChI=1S/C23H26N4O3/c28-14-12-27(13-15-29)11-5-10-24-22-18-7-2-3-8-19(18)25-23(26-22)21-16-17-6-1-4-9-20(17)30-21/h1-4,6-9,16,28-29H,5,10-15H2,(H,24,25,26). The molecule has 2 heterocycles. The number of para-hydroxylation sites is 2. The lowest BCUT2D eigenvalue weighted by molar-refractivity contribution is 0.161. The molecule has 0 bridgehead atoms. The molecule has 7 heteroatoms. The minimum absolute atomic E-state index is 0.0881. The van der Waals surface area contributed by atoms with Gasteiger partial charge in [-0.2, -0.15) is 0 Å². The van der Waals surface area contributed by atoms with Crippen molar-refractivity contribution in [3.8, 4) is 11.6 Å². The van der Waals surface area contributed by atoms with Gasteiger partial charge < -0.3 is 19.9 Å². The van der Waals surface area contributed by atoms with Crippen molar-refractivity contribution in [1.82, 2.24) is 14.9 Å². The van der Waals surface area contributed by atoms with Crippen LogP contribution < -0.4 is 5.32 Å². The number of fused-ring (bicyclic) bond motifs is 2. The maximum Gasteiger partial charge on any atom is 0.198 e. The van der Waals surface area contributed by atoms with Gasteiger partial charge in [-0.05, 0) is 37.2 Å². The molecule has 0 spiro atoms. The lowest BCUT2D eigenvalue weighted by atomic mass is 10.2. The first-order valence-electron chi connectivity index (χ1n) is 10.2. The van der Waals surface area contributed by atoms with Crippen molar-refractivity contribution in [2.24, 2.45) is 0 Å². The Labute approximate surface area is 175 Å². The third-order valence-corrected chi connectivity index (χ3v) is 5.03. The molecule has 0 radical (unpaired) electrons. The van der Waals surface area contributed by atoms with Crippen LogP contribution in [0.1, 0.15) is 6.42 Å². The van der Waals surface area contributed by atoms with E-state index in [1.807, 2.05) is 59.5 Å². The van der Waals surface area contributed by atoms with Gasteiger partial charge in [0.25, 0.3) is 0 Å². The average molecular weight is 406 g/mol. The van der Waals surface area contributed by atoms with E-state index in [4.69, 9.17) is 24.6 Å². The highest BCUT2D eigenvalue weighted by Gasteiger charge is 2.13. The Morgan fingerprint density at radius 3 is 2.47 bits per heavy atom. The molecule has 0 aliphatic carbocycles. The number of furan rings is 1. The minimum atomic E-state index is 0.0881. The number of aliphatic hydroxyl groups is 2. The van der Waals surface area contributed by atoms with Crippen molar-refractivity contribution >= 4 is 27.7 Å². The molecule has 30 heavy (non-hydrogen) atoms. The van der Waals surface area contributed by atoms with E-state index in [0.29, 0.717) is 31.2 Å². The number of rotatable bonds is 10. The number of hydrogen-bond acceptors (Lipinski definition) is 7. The summed E-state index contributed by atoms with van der Waals surface area (Å²) in [6.45, 7) is 2.80. The normalized spacial score (nSPS) is 11.6. The Balaban J connectivity index is 1.55. The monoisotopic (exact) mass is 406 g/mol. The second-order valence-electron chi connectivity index (χ2n) is 7.13. The summed E-state index contributed by atoms with van der Waals surface area (Å²) in [6.07, 6.45) is 0.859. The summed E-state index contributed by atoms with van der Waals surface area (Å²) in [7, 11) is 0. The molecule has 2 aromatic heterocycles. The minimum Gasteiger partial charge on any atom is -0.453 e. The summed E-state index contributed by atoms with van der Waals surface area (Å²) < 4.78 is 5.96. The molecule has 0 atom stereocenters. The van der Waals surface area contributed by atoms with Crippen LogP contribution >= 0.6 is 0 Å². The van der Waals surface area contributed by atoms with Gasteiger partial charge >= 0.3 is 0 Å². The first-order chi connectivity index (χ1) is 14.8. The third-order valence-electron chi connectivity index (χ3n) is 5.03. The van der Waals surface area contributed by atoms with Gasteiger partial charge in [-0.1, -0.05) is 30.3 Å². The molecule has 4 aromatic rings. The summed E-state index contributed by atoms with van der Waals surface area (Å²) in [6, 6.07) is 17.7. The lowest BCUT2D eigenvalue weighted by Crippen LogP contribution is -2.31. The van der Waals surface area contributed by atoms with E-state index in [2.05, 4.69) is 5.32 Å². The molecular formula is C23H26N4O3. The summed E-state index contributed by atoms with van der Waals surface area (Å²) >= 11 is 0. The number of aromatic nitrogens is 2. The summed E-state index contributed by atoms with van der Waals surface area (Å²) in [5.74, 6) is 1.96. The Bertz CT molecular complexity index is 1070. The Morgan fingerprint density at radius 1 is 0.900 bits per heavy atom. The van der Waals surface area contributed by atoms with Crippen LogP contribution in [0.5, 0.6) is 0 Å². The summed E-state index contributed by atoms with van der Waals surface area (Å²) in [5, 5.41) is 23.7. The van der Waals surface area contributed by atoms with E-state index in [9.17, 15) is 0 Å². The lowest BCUT2D eigenvalue weighted by Gasteiger charge is -2.20. The molecule has 156 valence electrons. The maximum absolute atomic E-state index is 9.14. The van der Waals surface area contributed by atoms with E-state index >= 15 is 0 Å². The highest BCUT2D eigenvalue weighted by atomic mass is 16.3. The number of benzene rings is 2. The highest BCUT2D eigenvalue weighted by Crippen LogP contribution is 2.29. The second-order valence-corrected chi connectivity index (χ2v) is 7.13. The van der Waals surface area contributed by atoms with Gasteiger partial charge in [0.05, 0.1) is 18.7 Å². The van der Waals surface area contributed by atoms with Gasteiger partial charge in [-0.25, -0.2) is 9.97 Å². The van der Waals surface area contributed by atoms with Gasteiger partial charge in [0.2, 0.25) is 0 Å². The largest absolute Gasteiger partial charge is 0.453 e. The molecule has 0 aliphatic rings. The van der Waals surface area contributed by atoms with Crippen molar-refractivity contribution < 1.29 is 14.6 Å². The van der Waals surface area contributed by atoms with Crippen LogP contribution in [0.4, 0.5) is 5.82 Å². The highest BCUT2D eigenvalue weighted by molar-refractivity contribution is 5.91. The zero-order valence-electron chi connectivity index (χ0n) is 16.8. The van der Waals surface area contributed by atoms with Crippen LogP contribution in [-0.4, -0.2) is 64.5 Å². The van der Waals surface area contributed by atoms with Crippen LogP contribution in [0.25, 0.3) is 33.5 Å². The van der Waals surface area contributed by atoms with E-state index in [0.717, 1.165) is 40.7 Å². The van der Waals surface area contributed by atoms with Crippen LogP contribution in [0.3, 0.4) is 0 Å². The smallest absolute Gasteiger partial charge is 0.198 e. The number of anilines is 1. The molecule has 3 N–H and O–H groups in total. The van der Waals surface area contributed by atoms with E-state index in [-0.39, 0.29) is 13.2 Å². The van der Waals surface area contributed by atoms with Crippen molar-refractivity contribution in [2.45, 2.75) is 6.42 Å². The fourth-order valence-corrected chi connectivity index (χ4v) is 3.54. The number of hydrogen-bond donors (Lipinski definition) is 3. The molecule has 7 nitrogen and oxygen atoms in total. The molecule has 0 aliphatic heterocycles. The van der Waals surface area contributed by atoms with Crippen molar-refractivity contribution in [1.29, 1.82) is 0 Å². The summed E-state index contributed by atoms with van der Waals surface area (Å²) in [4.78, 5) is 11.5. The predicted octanol–water partition coefficient (Wildman–Crippen LogP) is 3.13. The first-order valence-corrected chi connectivity index (χ1v) is 10.2. The van der Waals surface area contributed by atoms with Gasteiger partial charge in [0, 0.05) is 30.4 Å². The van der Waals surface area contributed by atoms with Crippen molar-refractivity contribution in [2.75, 3.05) is 44.7 Å². The number of aliphatic hydroxyl groups excluding tert-OH is 2. The van der Waals surface area contributed by atoms with Crippen LogP contribution in [0.15, 0.2) is 59.0 Å². The van der Waals surface area contributed by atoms with E-state index in [1.165, 1.54) is 0 Å². The summed E-state index contributed by atoms with van der Waals surface area (Å²) in [5.41, 5.74) is 1.67. The Kier molecular flexibility index (Phi) is 6.53. The van der Waals surface area contributed by atoms with Crippen LogP contribution in [0, 0.1) is 0 Å². The second kappa shape index (κ2) is 9.67. The van der Waals surface area contributed by atoms with Gasteiger partial charge in [-0.15, -0.1) is 0 Å². The molecule has 2 aromatic carbocycles. The zero-order valence-corrected chi connectivity index (χ0v) is 16.8. The molecule has 0 saturated carbocycles. The van der Waals surface area contributed by atoms with E-state index < -0.39 is 0 Å². The van der Waals surface area contributed by atoms with Gasteiger partial charge in [0.15, 0.2) is 11.6 Å². The SMILES string of the molecule is OCCN(CCO)CCCNc1nc(-c2cc3ccccc3o2)nc2ccccc12. The topological polar surface area (TPSA) is 94.7 Å². The zero-order chi connectivity index (χ0) is 20.8. The average Bonchev–Trinajstić information content (AvgIpc) is 3.21. The van der Waals surface area contributed by atoms with Crippen LogP contribution in [0.2, 0.25) is 0 Å². The maximum atomic E-state index is 9.14. The van der Waals surface area contributed by atoms with Gasteiger partial charge in [-0.3, -0.25) is 4.90 Å². The molecular weight excluding hydrogens is 380 g/mol. The first kappa shape index (κ1) is 20.3. The predicted molar refractivity (Wildman–Crippen MR) is 118 cm³/mol. The Hall–Kier alpha value is -3.00. The molecule has 0 saturated heterocycles. The fourth-order valence-electron chi connectivity index (χ4n) is 3.54. The Morgan fingerprint density at radius 2 is 1.67 bits per heavy atom. The fraction of sp³-hybridized carbons (Fsp3) is 0.304. The molecule has 0 fully saturated rings. The molecule has 4 rings (SSSR count). The quantitative estimate of drug-likeness (QED) is 0.348. The third kappa shape index (κ3) is 4.59. The molecule has 0 amide bonds.